The summed E-state index contributed by atoms with van der Waals surface area (Å²) in [4.78, 5) is 53.6. The third-order valence-corrected chi connectivity index (χ3v) is 7.65. The van der Waals surface area contributed by atoms with E-state index in [-0.39, 0.29) is 23.6 Å². The molecule has 5 fully saturated rings. The van der Waals surface area contributed by atoms with E-state index in [1.165, 1.54) is 29.1 Å². The fourth-order valence-corrected chi connectivity index (χ4v) is 6.53. The molecule has 2 bridgehead atoms. The second-order valence-corrected chi connectivity index (χ2v) is 8.64. The van der Waals surface area contributed by atoms with Crippen LogP contribution >= 0.6 is 0 Å². The Labute approximate surface area is 146 Å². The van der Waals surface area contributed by atoms with Crippen LogP contribution in [0.1, 0.15) is 39.0 Å². The van der Waals surface area contributed by atoms with Gasteiger partial charge in [0.15, 0.2) is 0 Å². The summed E-state index contributed by atoms with van der Waals surface area (Å²) in [7, 11) is 0. The third-order valence-electron chi connectivity index (χ3n) is 7.65. The zero-order valence-corrected chi connectivity index (χ0v) is 14.5. The Morgan fingerprint density at radius 3 is 2.00 bits per heavy atom. The Hall–Kier alpha value is -1.72. The minimum Gasteiger partial charge on any atom is -0.282 e. The van der Waals surface area contributed by atoms with Crippen molar-refractivity contribution in [3.8, 4) is 0 Å². The highest BCUT2D eigenvalue weighted by molar-refractivity contribution is 6.13. The Bertz CT molecular complexity index is 689. The summed E-state index contributed by atoms with van der Waals surface area (Å²) in [5.41, 5.74) is 0. The third kappa shape index (κ3) is 1.91. The fraction of sp³-hybridized carbons (Fsp3) is 0.789. The molecular weight excluding hydrogens is 320 g/mol. The van der Waals surface area contributed by atoms with Crippen molar-refractivity contribution in [1.29, 1.82) is 0 Å². The number of likely N-dealkylation sites (tertiary alicyclic amines) is 2. The molecule has 0 radical (unpaired) electrons. The van der Waals surface area contributed by atoms with Gasteiger partial charge >= 0.3 is 0 Å². The Morgan fingerprint density at radius 2 is 1.44 bits per heavy atom. The summed E-state index contributed by atoms with van der Waals surface area (Å²) >= 11 is 0. The van der Waals surface area contributed by atoms with Gasteiger partial charge in [0.25, 0.3) is 0 Å². The van der Waals surface area contributed by atoms with E-state index in [1.807, 2.05) is 0 Å². The van der Waals surface area contributed by atoms with E-state index in [1.54, 1.807) is 6.92 Å². The molecule has 3 aliphatic carbocycles. The molecule has 6 nitrogen and oxygen atoms in total. The van der Waals surface area contributed by atoms with Crippen LogP contribution in [0.15, 0.2) is 0 Å². The van der Waals surface area contributed by atoms with Crippen molar-refractivity contribution in [3.05, 3.63) is 0 Å². The lowest BCUT2D eigenvalue weighted by Crippen LogP contribution is -2.39. The molecule has 0 aromatic rings. The van der Waals surface area contributed by atoms with Crippen molar-refractivity contribution in [1.82, 2.24) is 9.80 Å². The van der Waals surface area contributed by atoms with E-state index < -0.39 is 23.7 Å². The maximum absolute atomic E-state index is 13.0. The molecule has 0 spiro atoms. The summed E-state index contributed by atoms with van der Waals surface area (Å²) in [5.74, 6) is -0.978. The molecule has 3 saturated carbocycles. The van der Waals surface area contributed by atoms with Crippen molar-refractivity contribution in [2.75, 3.05) is 13.1 Å². The maximum Gasteiger partial charge on any atom is 0.233 e. The normalized spacial score (nSPS) is 45.1. The van der Waals surface area contributed by atoms with Crippen molar-refractivity contribution >= 4 is 23.6 Å². The molecule has 0 aromatic carbocycles. The standard InChI is InChI=1S/C19H24N2O4/c1-2-20-16(22)12-7-13-15(14(12)18(20)24)19(25)21(17(13)23)8-11-6-9-3-4-10(11)5-9/h9-15H,2-8H2,1H3. The minimum absolute atomic E-state index is 0.129. The van der Waals surface area contributed by atoms with Crippen LogP contribution < -0.4 is 0 Å². The molecule has 5 aliphatic rings. The first-order chi connectivity index (χ1) is 12.0. The summed E-state index contributed by atoms with van der Waals surface area (Å²) < 4.78 is 0. The van der Waals surface area contributed by atoms with Crippen LogP contribution in [0.5, 0.6) is 0 Å². The predicted octanol–water partition coefficient (Wildman–Crippen LogP) is 1.05. The van der Waals surface area contributed by atoms with Crippen LogP contribution in [-0.4, -0.2) is 46.5 Å². The van der Waals surface area contributed by atoms with E-state index in [2.05, 4.69) is 0 Å². The van der Waals surface area contributed by atoms with Gasteiger partial charge in [-0.05, 0) is 50.4 Å². The van der Waals surface area contributed by atoms with Gasteiger partial charge in [-0.25, -0.2) is 0 Å². The average Bonchev–Trinajstić information content (AvgIpc) is 3.36. The first-order valence-electron chi connectivity index (χ1n) is 9.71. The zero-order chi connectivity index (χ0) is 17.5. The number of amides is 4. The highest BCUT2D eigenvalue weighted by atomic mass is 16.2. The van der Waals surface area contributed by atoms with Gasteiger partial charge in [-0.1, -0.05) is 6.42 Å². The lowest BCUT2D eigenvalue weighted by Gasteiger charge is -2.27. The summed E-state index contributed by atoms with van der Waals surface area (Å²) in [5, 5.41) is 0. The molecule has 134 valence electrons. The highest BCUT2D eigenvalue weighted by Crippen LogP contribution is 2.53. The fourth-order valence-electron chi connectivity index (χ4n) is 6.53. The Balaban J connectivity index is 1.38. The van der Waals surface area contributed by atoms with Crippen molar-refractivity contribution in [2.24, 2.45) is 41.4 Å². The molecule has 2 aliphatic heterocycles. The van der Waals surface area contributed by atoms with E-state index in [9.17, 15) is 19.2 Å². The van der Waals surface area contributed by atoms with Crippen molar-refractivity contribution in [2.45, 2.75) is 39.0 Å². The summed E-state index contributed by atoms with van der Waals surface area (Å²) in [6.45, 7) is 2.65. The van der Waals surface area contributed by atoms with E-state index in [4.69, 9.17) is 0 Å². The Morgan fingerprint density at radius 1 is 0.800 bits per heavy atom. The smallest absolute Gasteiger partial charge is 0.233 e. The van der Waals surface area contributed by atoms with Crippen LogP contribution in [0.3, 0.4) is 0 Å². The van der Waals surface area contributed by atoms with Crippen LogP contribution in [-0.2, 0) is 19.2 Å². The van der Waals surface area contributed by atoms with Gasteiger partial charge < -0.3 is 0 Å². The summed E-state index contributed by atoms with van der Waals surface area (Å²) in [6, 6.07) is 0. The number of rotatable bonds is 3. The SMILES string of the molecule is CCN1C(=O)C2CC3C(=O)N(CC4CC5CCC4C5)C(=O)C3C2C1=O. The predicted molar refractivity (Wildman–Crippen MR) is 86.6 cm³/mol. The molecule has 2 heterocycles. The number of carbonyl (C=O) groups is 4. The summed E-state index contributed by atoms with van der Waals surface area (Å²) in [6.07, 6.45) is 5.26. The van der Waals surface area contributed by atoms with Gasteiger partial charge in [0.1, 0.15) is 0 Å². The van der Waals surface area contributed by atoms with Crippen molar-refractivity contribution in [3.63, 3.8) is 0 Å². The van der Waals surface area contributed by atoms with E-state index in [0.29, 0.717) is 31.3 Å². The van der Waals surface area contributed by atoms with E-state index in [0.717, 1.165) is 12.3 Å². The van der Waals surface area contributed by atoms with Crippen molar-refractivity contribution < 1.29 is 19.2 Å². The van der Waals surface area contributed by atoms with Gasteiger partial charge in [-0.2, -0.15) is 0 Å². The number of hydrogen-bond acceptors (Lipinski definition) is 4. The minimum atomic E-state index is -0.598. The number of imide groups is 2. The van der Waals surface area contributed by atoms with Crippen LogP contribution in [0.25, 0.3) is 0 Å². The molecule has 0 aromatic heterocycles. The molecular formula is C19H24N2O4. The number of nitrogens with zero attached hydrogens (tertiary/aromatic N) is 2. The van der Waals surface area contributed by atoms with Gasteiger partial charge in [0.2, 0.25) is 23.6 Å². The first kappa shape index (κ1) is 15.5. The van der Waals surface area contributed by atoms with Gasteiger partial charge in [-0.15, -0.1) is 0 Å². The second kappa shape index (κ2) is 5.15. The molecule has 6 heteroatoms. The molecule has 2 saturated heterocycles. The average molecular weight is 344 g/mol. The first-order valence-corrected chi connectivity index (χ1v) is 9.71. The second-order valence-electron chi connectivity index (χ2n) is 8.64. The zero-order valence-electron chi connectivity index (χ0n) is 14.5. The van der Waals surface area contributed by atoms with Gasteiger partial charge in [0.05, 0.1) is 23.7 Å². The number of fused-ring (bicyclic) bond motifs is 5. The molecule has 25 heavy (non-hydrogen) atoms. The molecule has 5 rings (SSSR count). The van der Waals surface area contributed by atoms with Crippen LogP contribution in [0.2, 0.25) is 0 Å². The lowest BCUT2D eigenvalue weighted by atomic mass is 9.88. The number of carbonyl (C=O) groups excluding carboxylic acids is 4. The molecule has 0 N–H and O–H groups in total. The monoisotopic (exact) mass is 344 g/mol. The molecule has 7 unspecified atom stereocenters. The molecule has 7 atom stereocenters. The Kier molecular flexibility index (Phi) is 3.20. The van der Waals surface area contributed by atoms with Crippen LogP contribution in [0, 0.1) is 41.4 Å². The lowest BCUT2D eigenvalue weighted by molar-refractivity contribution is -0.144. The number of hydrogen-bond donors (Lipinski definition) is 0. The largest absolute Gasteiger partial charge is 0.282 e. The highest BCUT2D eigenvalue weighted by Gasteiger charge is 2.66. The molecule has 4 amide bonds. The van der Waals surface area contributed by atoms with Crippen LogP contribution in [0.4, 0.5) is 0 Å². The van der Waals surface area contributed by atoms with Gasteiger partial charge in [-0.3, -0.25) is 29.0 Å². The topological polar surface area (TPSA) is 74.8 Å². The van der Waals surface area contributed by atoms with E-state index >= 15 is 0 Å². The van der Waals surface area contributed by atoms with Gasteiger partial charge in [0, 0.05) is 13.1 Å². The quantitative estimate of drug-likeness (QED) is 0.717. The maximum atomic E-state index is 13.0.